The number of phenols is 2. The third-order valence-electron chi connectivity index (χ3n) is 2.34. The minimum absolute atomic E-state index is 0.0982. The molecule has 0 aliphatic rings. The summed E-state index contributed by atoms with van der Waals surface area (Å²) in [5, 5.41) is 31.4. The quantitative estimate of drug-likeness (QED) is 0.563. The zero-order valence-electron chi connectivity index (χ0n) is 8.94. The summed E-state index contributed by atoms with van der Waals surface area (Å²) in [6.07, 6.45) is -0.698. The molecule has 0 spiro atoms. The van der Waals surface area contributed by atoms with Crippen molar-refractivity contribution in [3.8, 4) is 11.5 Å². The van der Waals surface area contributed by atoms with Gasteiger partial charge >= 0.3 is 0 Å². The molecule has 4 heteroatoms. The van der Waals surface area contributed by atoms with Gasteiger partial charge in [0.1, 0.15) is 0 Å². The molecule has 2 atom stereocenters. The third-order valence-corrected chi connectivity index (χ3v) is 2.34. The fourth-order valence-electron chi connectivity index (χ4n) is 1.45. The maximum absolute atomic E-state index is 9.88. The highest BCUT2D eigenvalue weighted by molar-refractivity contribution is 5.41. The summed E-state index contributed by atoms with van der Waals surface area (Å²) in [6, 6.07) is 4.23. The first-order valence-electron chi connectivity index (χ1n) is 4.99. The van der Waals surface area contributed by atoms with Crippen molar-refractivity contribution in [3.05, 3.63) is 23.8 Å². The van der Waals surface area contributed by atoms with Crippen LogP contribution in [-0.4, -0.2) is 27.9 Å². The molecule has 4 nitrogen and oxygen atoms in total. The highest BCUT2D eigenvalue weighted by atomic mass is 16.3. The van der Waals surface area contributed by atoms with E-state index < -0.39 is 6.10 Å². The second-order valence-corrected chi connectivity index (χ2v) is 3.54. The lowest BCUT2D eigenvalue weighted by molar-refractivity contribution is 0.137. The lowest BCUT2D eigenvalue weighted by atomic mass is 10.0. The van der Waals surface area contributed by atoms with Crippen LogP contribution in [0, 0.1) is 0 Å². The molecule has 0 saturated carbocycles. The maximum atomic E-state index is 9.88. The normalized spacial score (nSPS) is 14.9. The van der Waals surface area contributed by atoms with Gasteiger partial charge in [0.15, 0.2) is 11.5 Å². The van der Waals surface area contributed by atoms with Gasteiger partial charge in [-0.3, -0.25) is 0 Å². The summed E-state index contributed by atoms with van der Waals surface area (Å²) in [4.78, 5) is 0. The van der Waals surface area contributed by atoms with Gasteiger partial charge in [-0.15, -0.1) is 0 Å². The lowest BCUT2D eigenvalue weighted by Crippen LogP contribution is -2.31. The first-order valence-corrected chi connectivity index (χ1v) is 4.99. The summed E-state index contributed by atoms with van der Waals surface area (Å²) in [7, 11) is 0. The van der Waals surface area contributed by atoms with Crippen molar-refractivity contribution in [1.29, 1.82) is 0 Å². The van der Waals surface area contributed by atoms with Crippen LogP contribution in [0.2, 0.25) is 0 Å². The molecule has 84 valence electrons. The molecule has 0 bridgehead atoms. The number of hydrogen-bond donors (Lipinski definition) is 4. The fourth-order valence-corrected chi connectivity index (χ4v) is 1.45. The molecule has 4 N–H and O–H groups in total. The second-order valence-electron chi connectivity index (χ2n) is 3.54. The Hall–Kier alpha value is -1.26. The molecule has 0 saturated heterocycles. The molecular weight excluding hydrogens is 194 g/mol. The minimum atomic E-state index is -0.698. The van der Waals surface area contributed by atoms with Crippen molar-refractivity contribution < 1.29 is 15.3 Å². The van der Waals surface area contributed by atoms with E-state index in [0.717, 1.165) is 6.54 Å². The Labute approximate surface area is 89.2 Å². The summed E-state index contributed by atoms with van der Waals surface area (Å²) in [5.74, 6) is -0.391. The van der Waals surface area contributed by atoms with Crippen molar-refractivity contribution in [2.45, 2.75) is 26.0 Å². The topological polar surface area (TPSA) is 72.7 Å². The lowest BCUT2D eigenvalue weighted by Gasteiger charge is -2.20. The number of phenolic OH excluding ortho intramolecular Hbond substituents is 2. The van der Waals surface area contributed by atoms with Crippen molar-refractivity contribution >= 4 is 0 Å². The van der Waals surface area contributed by atoms with E-state index in [1.807, 2.05) is 13.8 Å². The van der Waals surface area contributed by atoms with Gasteiger partial charge in [0.25, 0.3) is 0 Å². The summed E-state index contributed by atoms with van der Waals surface area (Å²) < 4.78 is 0. The maximum Gasteiger partial charge on any atom is 0.157 e. The number of nitrogens with one attached hydrogen (secondary N) is 1. The fraction of sp³-hybridized carbons (Fsp3) is 0.455. The number of aromatic hydroxyl groups is 2. The standard InChI is InChI=1S/C11H17NO3/c1-3-12-7(2)11(15)8-4-5-9(13)10(14)6-8/h4-7,11-15H,3H2,1-2H3/t7?,11-/m1/s1. The van der Waals surface area contributed by atoms with E-state index in [9.17, 15) is 10.2 Å². The largest absolute Gasteiger partial charge is 0.504 e. The Morgan fingerprint density at radius 3 is 2.47 bits per heavy atom. The van der Waals surface area contributed by atoms with E-state index in [0.29, 0.717) is 5.56 Å². The van der Waals surface area contributed by atoms with Crippen molar-refractivity contribution in [1.82, 2.24) is 5.32 Å². The van der Waals surface area contributed by atoms with Crippen LogP contribution < -0.4 is 5.32 Å². The number of hydrogen-bond acceptors (Lipinski definition) is 4. The zero-order valence-corrected chi connectivity index (χ0v) is 8.94. The minimum Gasteiger partial charge on any atom is -0.504 e. The summed E-state index contributed by atoms with van der Waals surface area (Å²) in [6.45, 7) is 4.58. The highest BCUT2D eigenvalue weighted by Gasteiger charge is 2.16. The van der Waals surface area contributed by atoms with E-state index in [4.69, 9.17) is 5.11 Å². The molecule has 0 aromatic heterocycles. The van der Waals surface area contributed by atoms with Gasteiger partial charge in [0, 0.05) is 6.04 Å². The Bertz CT molecular complexity index is 328. The van der Waals surface area contributed by atoms with Crippen LogP contribution in [0.5, 0.6) is 11.5 Å². The second kappa shape index (κ2) is 5.00. The first-order chi connectivity index (χ1) is 7.06. The number of aliphatic hydroxyl groups excluding tert-OH is 1. The number of aliphatic hydroxyl groups is 1. The van der Waals surface area contributed by atoms with E-state index in [1.54, 1.807) is 6.07 Å². The predicted molar refractivity (Wildman–Crippen MR) is 57.9 cm³/mol. The van der Waals surface area contributed by atoms with Crippen molar-refractivity contribution in [3.63, 3.8) is 0 Å². The number of benzene rings is 1. The zero-order chi connectivity index (χ0) is 11.4. The van der Waals surface area contributed by atoms with E-state index in [1.165, 1.54) is 12.1 Å². The van der Waals surface area contributed by atoms with Gasteiger partial charge in [-0.1, -0.05) is 13.0 Å². The molecule has 1 rings (SSSR count). The predicted octanol–water partition coefficient (Wildman–Crippen LogP) is 1.13. The summed E-state index contributed by atoms with van der Waals surface area (Å²) in [5.41, 5.74) is 0.582. The van der Waals surface area contributed by atoms with Gasteiger partial charge in [0.05, 0.1) is 6.10 Å². The molecule has 0 aliphatic heterocycles. The Balaban J connectivity index is 2.81. The van der Waals surface area contributed by atoms with Crippen LogP contribution in [0.4, 0.5) is 0 Å². The molecule has 1 aromatic rings. The molecule has 0 aliphatic carbocycles. The SMILES string of the molecule is CCNC(C)[C@@H](O)c1ccc(O)c(O)c1. The van der Waals surface area contributed by atoms with Crippen LogP contribution in [-0.2, 0) is 0 Å². The Kier molecular flexibility index (Phi) is 3.94. The van der Waals surface area contributed by atoms with Gasteiger partial charge in [0.2, 0.25) is 0 Å². The number of likely N-dealkylation sites (N-methyl/N-ethyl adjacent to an activating group) is 1. The molecule has 0 amide bonds. The van der Waals surface area contributed by atoms with E-state index >= 15 is 0 Å². The van der Waals surface area contributed by atoms with Crippen LogP contribution in [0.3, 0.4) is 0 Å². The summed E-state index contributed by atoms with van der Waals surface area (Å²) >= 11 is 0. The van der Waals surface area contributed by atoms with E-state index in [-0.39, 0.29) is 17.5 Å². The Morgan fingerprint density at radius 2 is 1.93 bits per heavy atom. The van der Waals surface area contributed by atoms with Crippen LogP contribution in [0.25, 0.3) is 0 Å². The van der Waals surface area contributed by atoms with Crippen molar-refractivity contribution in [2.75, 3.05) is 6.54 Å². The van der Waals surface area contributed by atoms with Crippen LogP contribution >= 0.6 is 0 Å². The molecular formula is C11H17NO3. The third kappa shape index (κ3) is 2.84. The Morgan fingerprint density at radius 1 is 1.27 bits per heavy atom. The number of rotatable bonds is 4. The van der Waals surface area contributed by atoms with Gasteiger partial charge in [-0.2, -0.15) is 0 Å². The van der Waals surface area contributed by atoms with Gasteiger partial charge in [-0.05, 0) is 31.2 Å². The van der Waals surface area contributed by atoms with Gasteiger partial charge < -0.3 is 20.6 Å². The highest BCUT2D eigenvalue weighted by Crippen LogP contribution is 2.28. The molecule has 15 heavy (non-hydrogen) atoms. The smallest absolute Gasteiger partial charge is 0.157 e. The van der Waals surface area contributed by atoms with Crippen molar-refractivity contribution in [2.24, 2.45) is 0 Å². The molecule has 1 unspecified atom stereocenters. The first kappa shape index (κ1) is 11.8. The van der Waals surface area contributed by atoms with Crippen LogP contribution in [0.15, 0.2) is 18.2 Å². The molecule has 1 aromatic carbocycles. The van der Waals surface area contributed by atoms with Crippen LogP contribution in [0.1, 0.15) is 25.5 Å². The molecule has 0 heterocycles. The molecule has 0 fully saturated rings. The van der Waals surface area contributed by atoms with E-state index in [2.05, 4.69) is 5.32 Å². The van der Waals surface area contributed by atoms with Gasteiger partial charge in [-0.25, -0.2) is 0 Å². The molecule has 0 radical (unpaired) electrons. The monoisotopic (exact) mass is 211 g/mol. The average Bonchev–Trinajstić information content (AvgIpc) is 2.21. The average molecular weight is 211 g/mol.